The lowest BCUT2D eigenvalue weighted by molar-refractivity contribution is -0.120. The van der Waals surface area contributed by atoms with Gasteiger partial charge in [0.15, 0.2) is 0 Å². The number of carbonyl (C=O) groups excluding carboxylic acids is 1. The lowest BCUT2D eigenvalue weighted by Gasteiger charge is -2.22. The molecular weight excluding hydrogens is 260 g/mol. The van der Waals surface area contributed by atoms with E-state index < -0.39 is 0 Å². The summed E-state index contributed by atoms with van der Waals surface area (Å²) in [5, 5.41) is 6.26. The van der Waals surface area contributed by atoms with E-state index >= 15 is 0 Å². The Hall–Kier alpha value is -1.06. The zero-order chi connectivity index (χ0) is 13.0. The highest BCUT2D eigenvalue weighted by Crippen LogP contribution is 2.18. The monoisotopic (exact) mass is 282 g/mol. The number of hydrogen-bond donors (Lipinski definition) is 2. The van der Waals surface area contributed by atoms with Gasteiger partial charge in [-0.05, 0) is 43.0 Å². The van der Waals surface area contributed by atoms with Gasteiger partial charge in [-0.2, -0.15) is 0 Å². The van der Waals surface area contributed by atoms with E-state index in [1.165, 1.54) is 5.56 Å². The summed E-state index contributed by atoms with van der Waals surface area (Å²) in [6, 6.07) is 8.14. The van der Waals surface area contributed by atoms with E-state index in [2.05, 4.69) is 36.6 Å². The highest BCUT2D eigenvalue weighted by molar-refractivity contribution is 5.92. The molecule has 1 aromatic rings. The molecule has 2 N–H and O–H groups in total. The van der Waals surface area contributed by atoms with Crippen molar-refractivity contribution in [1.82, 2.24) is 5.32 Å². The van der Waals surface area contributed by atoms with Gasteiger partial charge in [-0.15, -0.1) is 12.4 Å². The molecule has 1 aromatic carbocycles. The molecule has 1 aliphatic heterocycles. The van der Waals surface area contributed by atoms with Crippen LogP contribution in [0.5, 0.6) is 0 Å². The normalized spacial score (nSPS) is 18.8. The SMILES string of the molecule is CC(C)c1ccc(NC(=O)C2CCCNC2)cc1.Cl. The van der Waals surface area contributed by atoms with Crippen LogP contribution in [0.25, 0.3) is 0 Å². The number of hydrogen-bond acceptors (Lipinski definition) is 2. The summed E-state index contributed by atoms with van der Waals surface area (Å²) < 4.78 is 0. The minimum Gasteiger partial charge on any atom is -0.326 e. The van der Waals surface area contributed by atoms with Gasteiger partial charge in [0.2, 0.25) is 5.91 Å². The van der Waals surface area contributed by atoms with Gasteiger partial charge in [-0.3, -0.25) is 4.79 Å². The first kappa shape index (κ1) is 16.0. The highest BCUT2D eigenvalue weighted by atomic mass is 35.5. The van der Waals surface area contributed by atoms with Crippen molar-refractivity contribution in [2.75, 3.05) is 18.4 Å². The Morgan fingerprint density at radius 3 is 2.53 bits per heavy atom. The van der Waals surface area contributed by atoms with E-state index in [0.29, 0.717) is 5.92 Å². The first-order valence-corrected chi connectivity index (χ1v) is 6.78. The van der Waals surface area contributed by atoms with E-state index in [-0.39, 0.29) is 24.2 Å². The van der Waals surface area contributed by atoms with Crippen LogP contribution in [-0.2, 0) is 4.79 Å². The topological polar surface area (TPSA) is 41.1 Å². The number of nitrogens with one attached hydrogen (secondary N) is 2. The molecular formula is C15H23ClN2O. The van der Waals surface area contributed by atoms with Crippen LogP contribution in [0, 0.1) is 5.92 Å². The minimum atomic E-state index is 0. The van der Waals surface area contributed by atoms with E-state index in [1.807, 2.05) is 12.1 Å². The minimum absolute atomic E-state index is 0. The second-order valence-electron chi connectivity index (χ2n) is 5.31. The second kappa shape index (κ2) is 7.51. The maximum absolute atomic E-state index is 12.0. The summed E-state index contributed by atoms with van der Waals surface area (Å²) in [4.78, 5) is 12.0. The van der Waals surface area contributed by atoms with Crippen molar-refractivity contribution in [3.8, 4) is 0 Å². The average Bonchev–Trinajstić information content (AvgIpc) is 2.40. The average molecular weight is 283 g/mol. The maximum Gasteiger partial charge on any atom is 0.228 e. The molecule has 1 atom stereocenters. The molecule has 0 aromatic heterocycles. The molecule has 0 saturated carbocycles. The van der Waals surface area contributed by atoms with Gasteiger partial charge in [0.05, 0.1) is 5.92 Å². The second-order valence-corrected chi connectivity index (χ2v) is 5.31. The largest absolute Gasteiger partial charge is 0.326 e. The molecule has 19 heavy (non-hydrogen) atoms. The Balaban J connectivity index is 0.00000180. The summed E-state index contributed by atoms with van der Waals surface area (Å²) in [5.74, 6) is 0.778. The van der Waals surface area contributed by atoms with Crippen LogP contribution in [-0.4, -0.2) is 19.0 Å². The number of piperidine rings is 1. The summed E-state index contributed by atoms with van der Waals surface area (Å²) >= 11 is 0. The quantitative estimate of drug-likeness (QED) is 0.894. The van der Waals surface area contributed by atoms with Crippen molar-refractivity contribution in [3.63, 3.8) is 0 Å². The Kier molecular flexibility index (Phi) is 6.32. The van der Waals surface area contributed by atoms with Crippen LogP contribution in [0.15, 0.2) is 24.3 Å². The number of halogens is 1. The number of amides is 1. The molecule has 0 aliphatic carbocycles. The van der Waals surface area contributed by atoms with Crippen LogP contribution in [0.4, 0.5) is 5.69 Å². The third-order valence-corrected chi connectivity index (χ3v) is 3.51. The molecule has 0 radical (unpaired) electrons. The van der Waals surface area contributed by atoms with Gasteiger partial charge in [0, 0.05) is 12.2 Å². The standard InChI is InChI=1S/C15H22N2O.ClH/c1-11(2)12-5-7-14(8-6-12)17-15(18)13-4-3-9-16-10-13;/h5-8,11,13,16H,3-4,9-10H2,1-2H3,(H,17,18);1H. The summed E-state index contributed by atoms with van der Waals surface area (Å²) in [6.07, 6.45) is 2.08. The summed E-state index contributed by atoms with van der Waals surface area (Å²) in [7, 11) is 0. The van der Waals surface area contributed by atoms with Crippen molar-refractivity contribution >= 4 is 24.0 Å². The molecule has 1 saturated heterocycles. The molecule has 0 spiro atoms. The van der Waals surface area contributed by atoms with Gasteiger partial charge in [-0.1, -0.05) is 26.0 Å². The molecule has 3 nitrogen and oxygen atoms in total. The predicted molar refractivity (Wildman–Crippen MR) is 82.0 cm³/mol. The Morgan fingerprint density at radius 1 is 1.32 bits per heavy atom. The predicted octanol–water partition coefficient (Wildman–Crippen LogP) is 3.17. The van der Waals surface area contributed by atoms with E-state index in [1.54, 1.807) is 0 Å². The van der Waals surface area contributed by atoms with E-state index in [9.17, 15) is 4.79 Å². The molecule has 0 bridgehead atoms. The zero-order valence-corrected chi connectivity index (χ0v) is 12.4. The number of carbonyl (C=O) groups is 1. The maximum atomic E-state index is 12.0. The zero-order valence-electron chi connectivity index (χ0n) is 11.6. The summed E-state index contributed by atoms with van der Waals surface area (Å²) in [6.45, 7) is 6.17. The smallest absolute Gasteiger partial charge is 0.228 e. The molecule has 1 amide bonds. The lowest BCUT2D eigenvalue weighted by atomic mass is 9.98. The first-order chi connectivity index (χ1) is 8.66. The Labute approximate surface area is 121 Å². The van der Waals surface area contributed by atoms with Gasteiger partial charge in [0.25, 0.3) is 0 Å². The van der Waals surface area contributed by atoms with Gasteiger partial charge in [0.1, 0.15) is 0 Å². The Morgan fingerprint density at radius 2 is 2.00 bits per heavy atom. The number of anilines is 1. The van der Waals surface area contributed by atoms with Crippen LogP contribution in [0.3, 0.4) is 0 Å². The lowest BCUT2D eigenvalue weighted by Crippen LogP contribution is -2.37. The third kappa shape index (κ3) is 4.51. The van der Waals surface area contributed by atoms with E-state index in [0.717, 1.165) is 31.6 Å². The third-order valence-electron chi connectivity index (χ3n) is 3.51. The fraction of sp³-hybridized carbons (Fsp3) is 0.533. The molecule has 2 rings (SSSR count). The fourth-order valence-corrected chi connectivity index (χ4v) is 2.27. The fourth-order valence-electron chi connectivity index (χ4n) is 2.27. The van der Waals surface area contributed by atoms with Crippen molar-refractivity contribution in [3.05, 3.63) is 29.8 Å². The molecule has 4 heteroatoms. The van der Waals surface area contributed by atoms with Crippen LogP contribution >= 0.6 is 12.4 Å². The van der Waals surface area contributed by atoms with Crippen molar-refractivity contribution in [1.29, 1.82) is 0 Å². The summed E-state index contributed by atoms with van der Waals surface area (Å²) in [5.41, 5.74) is 2.20. The number of rotatable bonds is 3. The number of benzene rings is 1. The van der Waals surface area contributed by atoms with Gasteiger partial charge in [-0.25, -0.2) is 0 Å². The van der Waals surface area contributed by atoms with E-state index in [4.69, 9.17) is 0 Å². The van der Waals surface area contributed by atoms with Crippen LogP contribution in [0.2, 0.25) is 0 Å². The van der Waals surface area contributed by atoms with Crippen LogP contribution < -0.4 is 10.6 Å². The van der Waals surface area contributed by atoms with Crippen molar-refractivity contribution < 1.29 is 4.79 Å². The molecule has 1 unspecified atom stereocenters. The Bertz CT molecular complexity index is 397. The van der Waals surface area contributed by atoms with Crippen molar-refractivity contribution in [2.24, 2.45) is 5.92 Å². The molecule has 1 heterocycles. The first-order valence-electron chi connectivity index (χ1n) is 6.78. The van der Waals surface area contributed by atoms with Crippen molar-refractivity contribution in [2.45, 2.75) is 32.6 Å². The van der Waals surface area contributed by atoms with Gasteiger partial charge < -0.3 is 10.6 Å². The molecule has 1 fully saturated rings. The van der Waals surface area contributed by atoms with Gasteiger partial charge >= 0.3 is 0 Å². The molecule has 1 aliphatic rings. The highest BCUT2D eigenvalue weighted by Gasteiger charge is 2.20. The van der Waals surface area contributed by atoms with Crippen LogP contribution in [0.1, 0.15) is 38.2 Å². The molecule has 106 valence electrons.